The average molecular weight is 378 g/mol. The van der Waals surface area contributed by atoms with E-state index in [2.05, 4.69) is 4.72 Å². The van der Waals surface area contributed by atoms with Crippen molar-refractivity contribution >= 4 is 21.6 Å². The number of fused-ring (bicyclic) bond motifs is 1. The fourth-order valence-electron chi connectivity index (χ4n) is 2.30. The van der Waals surface area contributed by atoms with Gasteiger partial charge in [0.25, 0.3) is 15.9 Å². The normalized spacial score (nSPS) is 13.5. The van der Waals surface area contributed by atoms with Crippen molar-refractivity contribution in [1.82, 2.24) is 0 Å². The van der Waals surface area contributed by atoms with Crippen molar-refractivity contribution in [3.63, 3.8) is 0 Å². The fourth-order valence-corrected chi connectivity index (χ4v) is 3.37. The minimum atomic E-state index is -3.80. The Kier molecular flexibility index (Phi) is 5.17. The number of nitrogens with two attached hydrogens (primary N) is 1. The highest BCUT2D eigenvalue weighted by Crippen LogP contribution is 2.32. The van der Waals surface area contributed by atoms with Gasteiger partial charge in [-0.05, 0) is 36.4 Å². The summed E-state index contributed by atoms with van der Waals surface area (Å²) in [5.74, 6) is 0.740. The molecular weight excluding hydrogens is 360 g/mol. The predicted molar refractivity (Wildman–Crippen MR) is 94.0 cm³/mol. The summed E-state index contributed by atoms with van der Waals surface area (Å²) < 4.78 is 43.8. The van der Waals surface area contributed by atoms with E-state index in [0.717, 1.165) is 6.42 Å². The van der Waals surface area contributed by atoms with Crippen LogP contribution in [0, 0.1) is 0 Å². The summed E-state index contributed by atoms with van der Waals surface area (Å²) in [5, 5.41) is 0. The van der Waals surface area contributed by atoms with Gasteiger partial charge in [0.2, 0.25) is 0 Å². The largest absolute Gasteiger partial charge is 0.490 e. The van der Waals surface area contributed by atoms with Gasteiger partial charge in [-0.2, -0.15) is 0 Å². The molecule has 0 radical (unpaired) electrons. The Hall–Kier alpha value is -2.94. The number of carbonyl (C=O) groups excluding carboxylic acids is 1. The summed E-state index contributed by atoms with van der Waals surface area (Å²) >= 11 is 0. The van der Waals surface area contributed by atoms with Crippen LogP contribution in [0.3, 0.4) is 0 Å². The van der Waals surface area contributed by atoms with Crippen LogP contribution >= 0.6 is 0 Å². The quantitative estimate of drug-likeness (QED) is 0.787. The third kappa shape index (κ3) is 4.37. The molecular formula is C17H18N2O6S. The smallest absolute Gasteiger partial charge is 0.262 e. The summed E-state index contributed by atoms with van der Waals surface area (Å²) in [4.78, 5) is 10.8. The number of amides is 1. The molecule has 1 heterocycles. The molecule has 0 aromatic heterocycles. The number of sulfonamides is 1. The van der Waals surface area contributed by atoms with Crippen LogP contribution in [0.1, 0.15) is 6.42 Å². The van der Waals surface area contributed by atoms with E-state index in [-0.39, 0.29) is 11.5 Å². The molecule has 3 rings (SSSR count). The SMILES string of the molecule is NC(=O)COc1ccc(NS(=O)(=O)c2ccc3c(c2)OCCCO3)cc1. The van der Waals surface area contributed by atoms with Gasteiger partial charge >= 0.3 is 0 Å². The molecule has 1 amide bonds. The lowest BCUT2D eigenvalue weighted by Gasteiger charge is -2.12. The maximum Gasteiger partial charge on any atom is 0.262 e. The Balaban J connectivity index is 1.74. The maximum absolute atomic E-state index is 12.6. The van der Waals surface area contributed by atoms with E-state index in [1.807, 2.05) is 0 Å². The molecule has 3 N–H and O–H groups in total. The van der Waals surface area contributed by atoms with E-state index >= 15 is 0 Å². The number of carbonyl (C=O) groups is 1. The molecule has 0 fully saturated rings. The zero-order valence-electron chi connectivity index (χ0n) is 13.8. The van der Waals surface area contributed by atoms with Gasteiger partial charge in [-0.1, -0.05) is 0 Å². The average Bonchev–Trinajstić information content (AvgIpc) is 2.85. The molecule has 9 heteroatoms. The Morgan fingerprint density at radius 1 is 1.08 bits per heavy atom. The van der Waals surface area contributed by atoms with Gasteiger partial charge in [0.1, 0.15) is 5.75 Å². The lowest BCUT2D eigenvalue weighted by molar-refractivity contribution is -0.119. The molecule has 0 spiro atoms. The van der Waals surface area contributed by atoms with Crippen LogP contribution in [0.5, 0.6) is 17.2 Å². The Morgan fingerprint density at radius 3 is 2.46 bits per heavy atom. The van der Waals surface area contributed by atoms with Crippen LogP contribution in [-0.4, -0.2) is 34.1 Å². The lowest BCUT2D eigenvalue weighted by atomic mass is 10.3. The Labute approximate surface area is 150 Å². The minimum absolute atomic E-state index is 0.0656. The first-order valence-corrected chi connectivity index (χ1v) is 9.36. The highest BCUT2D eigenvalue weighted by Gasteiger charge is 2.19. The first-order chi connectivity index (χ1) is 12.4. The highest BCUT2D eigenvalue weighted by molar-refractivity contribution is 7.92. The van der Waals surface area contributed by atoms with Crippen molar-refractivity contribution in [3.8, 4) is 17.2 Å². The van der Waals surface area contributed by atoms with Crippen LogP contribution in [-0.2, 0) is 14.8 Å². The number of hydrogen-bond acceptors (Lipinski definition) is 6. The molecule has 138 valence electrons. The highest BCUT2D eigenvalue weighted by atomic mass is 32.2. The van der Waals surface area contributed by atoms with Crippen molar-refractivity contribution in [2.45, 2.75) is 11.3 Å². The minimum Gasteiger partial charge on any atom is -0.490 e. The summed E-state index contributed by atoms with van der Waals surface area (Å²) in [6, 6.07) is 10.6. The Bertz CT molecular complexity index is 896. The lowest BCUT2D eigenvalue weighted by Crippen LogP contribution is -2.20. The number of rotatable bonds is 6. The zero-order valence-corrected chi connectivity index (χ0v) is 14.6. The molecule has 0 aliphatic carbocycles. The molecule has 0 saturated carbocycles. The van der Waals surface area contributed by atoms with Gasteiger partial charge in [0.15, 0.2) is 18.1 Å². The Morgan fingerprint density at radius 2 is 1.77 bits per heavy atom. The molecule has 2 aromatic rings. The van der Waals surface area contributed by atoms with Gasteiger partial charge in [-0.15, -0.1) is 0 Å². The van der Waals surface area contributed by atoms with E-state index in [9.17, 15) is 13.2 Å². The van der Waals surface area contributed by atoms with Crippen LogP contribution < -0.4 is 24.7 Å². The van der Waals surface area contributed by atoms with Crippen molar-refractivity contribution in [1.29, 1.82) is 0 Å². The molecule has 1 aliphatic rings. The molecule has 2 aromatic carbocycles. The summed E-state index contributed by atoms with van der Waals surface area (Å²) in [5.41, 5.74) is 5.35. The summed E-state index contributed by atoms with van der Waals surface area (Å²) in [6.45, 7) is 0.750. The van der Waals surface area contributed by atoms with Crippen LogP contribution in [0.15, 0.2) is 47.4 Å². The van der Waals surface area contributed by atoms with E-state index < -0.39 is 15.9 Å². The van der Waals surface area contributed by atoms with Crippen LogP contribution in [0.4, 0.5) is 5.69 Å². The summed E-state index contributed by atoms with van der Waals surface area (Å²) in [6.07, 6.45) is 0.735. The molecule has 0 saturated heterocycles. The van der Waals surface area contributed by atoms with Gasteiger partial charge in [0.05, 0.1) is 18.1 Å². The first-order valence-electron chi connectivity index (χ1n) is 7.88. The summed E-state index contributed by atoms with van der Waals surface area (Å²) in [7, 11) is -3.80. The van der Waals surface area contributed by atoms with Crippen molar-refractivity contribution in [2.75, 3.05) is 24.5 Å². The number of hydrogen-bond donors (Lipinski definition) is 2. The van der Waals surface area contributed by atoms with E-state index in [0.29, 0.717) is 36.1 Å². The second kappa shape index (κ2) is 7.52. The number of primary amides is 1. The second-order valence-electron chi connectivity index (χ2n) is 5.54. The standard InChI is InChI=1S/C17H18N2O6S/c18-17(20)11-25-13-4-2-12(3-5-13)19-26(21,22)14-6-7-15-16(10-14)24-9-1-8-23-15/h2-7,10,19H,1,8-9,11H2,(H2,18,20). The molecule has 0 unspecified atom stereocenters. The van der Waals surface area contributed by atoms with Crippen LogP contribution in [0.25, 0.3) is 0 Å². The van der Waals surface area contributed by atoms with Gasteiger partial charge < -0.3 is 19.9 Å². The molecule has 8 nitrogen and oxygen atoms in total. The predicted octanol–water partition coefficient (Wildman–Crippen LogP) is 1.51. The maximum atomic E-state index is 12.6. The van der Waals surface area contributed by atoms with Crippen LogP contribution in [0.2, 0.25) is 0 Å². The molecule has 0 bridgehead atoms. The number of nitrogens with one attached hydrogen (secondary N) is 1. The first kappa shape index (κ1) is 17.9. The zero-order chi connectivity index (χ0) is 18.6. The number of benzene rings is 2. The fraction of sp³-hybridized carbons (Fsp3) is 0.235. The van der Waals surface area contributed by atoms with Gasteiger partial charge in [-0.25, -0.2) is 8.42 Å². The third-order valence-corrected chi connectivity index (χ3v) is 4.90. The van der Waals surface area contributed by atoms with E-state index in [4.69, 9.17) is 19.9 Å². The second-order valence-corrected chi connectivity index (χ2v) is 7.23. The van der Waals surface area contributed by atoms with Gasteiger partial charge in [-0.3, -0.25) is 9.52 Å². The third-order valence-electron chi connectivity index (χ3n) is 3.52. The molecule has 26 heavy (non-hydrogen) atoms. The van der Waals surface area contributed by atoms with Crippen molar-refractivity contribution in [3.05, 3.63) is 42.5 Å². The van der Waals surface area contributed by atoms with Crippen molar-refractivity contribution < 1.29 is 27.4 Å². The number of ether oxygens (including phenoxy) is 3. The molecule has 0 atom stereocenters. The number of anilines is 1. The van der Waals surface area contributed by atoms with Crippen molar-refractivity contribution in [2.24, 2.45) is 5.73 Å². The van der Waals surface area contributed by atoms with E-state index in [1.54, 1.807) is 6.07 Å². The molecule has 1 aliphatic heterocycles. The van der Waals surface area contributed by atoms with E-state index in [1.165, 1.54) is 36.4 Å². The topological polar surface area (TPSA) is 117 Å². The monoisotopic (exact) mass is 378 g/mol. The van der Waals surface area contributed by atoms with Gasteiger partial charge in [0, 0.05) is 18.2 Å².